The second-order valence-corrected chi connectivity index (χ2v) is 8.83. The Bertz CT molecular complexity index is 931. The second kappa shape index (κ2) is 12.0. The highest BCUT2D eigenvalue weighted by Crippen LogP contribution is 2.29. The number of carbonyl (C=O) groups is 2. The van der Waals surface area contributed by atoms with Crippen molar-refractivity contribution in [1.82, 2.24) is 4.90 Å². The molecule has 0 aromatic heterocycles. The Morgan fingerprint density at radius 3 is 2.66 bits per heavy atom. The van der Waals surface area contributed by atoms with E-state index in [-0.39, 0.29) is 23.9 Å². The van der Waals surface area contributed by atoms with Gasteiger partial charge in [0, 0.05) is 35.8 Å². The van der Waals surface area contributed by atoms with Gasteiger partial charge in [0.2, 0.25) is 5.91 Å². The van der Waals surface area contributed by atoms with E-state index in [2.05, 4.69) is 5.32 Å². The normalized spacial score (nSPS) is 13.8. The zero-order chi connectivity index (χ0) is 22.9. The molecule has 3 rings (SSSR count). The van der Waals surface area contributed by atoms with E-state index in [4.69, 9.17) is 17.3 Å². The van der Waals surface area contributed by atoms with Crippen molar-refractivity contribution in [2.75, 3.05) is 18.4 Å². The first-order valence-corrected chi connectivity index (χ1v) is 11.7. The van der Waals surface area contributed by atoms with Gasteiger partial charge in [-0.3, -0.25) is 9.59 Å². The quantitative estimate of drug-likeness (QED) is 0.500. The lowest BCUT2D eigenvalue weighted by molar-refractivity contribution is -0.116. The third kappa shape index (κ3) is 7.04. The molecular weight excluding hydrogens is 429 g/mol. The molecule has 1 aliphatic rings. The van der Waals surface area contributed by atoms with Gasteiger partial charge in [-0.2, -0.15) is 0 Å². The van der Waals surface area contributed by atoms with E-state index in [9.17, 15) is 14.0 Å². The molecule has 0 heterocycles. The number of nitrogens with two attached hydrogens (primary N) is 1. The smallest absolute Gasteiger partial charge is 0.254 e. The van der Waals surface area contributed by atoms with Crippen LogP contribution in [0.3, 0.4) is 0 Å². The van der Waals surface area contributed by atoms with Gasteiger partial charge in [-0.05, 0) is 67.3 Å². The summed E-state index contributed by atoms with van der Waals surface area (Å²) in [4.78, 5) is 27.0. The fourth-order valence-electron chi connectivity index (χ4n) is 4.18. The van der Waals surface area contributed by atoms with Crippen molar-refractivity contribution in [1.29, 1.82) is 0 Å². The van der Waals surface area contributed by atoms with Crippen LogP contribution in [0.15, 0.2) is 42.5 Å². The maximum atomic E-state index is 13.6. The largest absolute Gasteiger partial charge is 0.334 e. The number of anilines is 1. The molecule has 5 nitrogen and oxygen atoms in total. The van der Waals surface area contributed by atoms with Crippen molar-refractivity contribution in [2.24, 2.45) is 11.7 Å². The molecule has 2 aromatic rings. The lowest BCUT2D eigenvalue weighted by atomic mass is 10.0. The average molecular weight is 460 g/mol. The van der Waals surface area contributed by atoms with Crippen molar-refractivity contribution >= 4 is 29.1 Å². The molecule has 0 atom stereocenters. The molecular formula is C25H31ClFN3O2. The van der Waals surface area contributed by atoms with E-state index in [1.54, 1.807) is 29.2 Å². The van der Waals surface area contributed by atoms with Crippen molar-refractivity contribution in [3.63, 3.8) is 0 Å². The second-order valence-electron chi connectivity index (χ2n) is 8.42. The molecule has 0 radical (unpaired) electrons. The van der Waals surface area contributed by atoms with Crippen LogP contribution in [0.1, 0.15) is 60.9 Å². The van der Waals surface area contributed by atoms with Crippen LogP contribution in [0.4, 0.5) is 10.1 Å². The number of nitrogens with zero attached hydrogens (tertiary/aromatic N) is 1. The van der Waals surface area contributed by atoms with Crippen LogP contribution in [0.5, 0.6) is 0 Å². The minimum Gasteiger partial charge on any atom is -0.334 e. The Morgan fingerprint density at radius 2 is 1.94 bits per heavy atom. The zero-order valence-electron chi connectivity index (χ0n) is 18.3. The topological polar surface area (TPSA) is 75.4 Å². The van der Waals surface area contributed by atoms with Gasteiger partial charge in [-0.15, -0.1) is 0 Å². The molecule has 7 heteroatoms. The molecule has 0 spiro atoms. The number of halogens is 2. The molecule has 2 amide bonds. The molecule has 3 N–H and O–H groups in total. The minimum absolute atomic E-state index is 0.0130. The fraction of sp³-hybridized carbons (Fsp3) is 0.440. The highest BCUT2D eigenvalue weighted by Gasteiger charge is 2.19. The first-order chi connectivity index (χ1) is 15.5. The molecule has 1 fully saturated rings. The molecule has 0 unspecified atom stereocenters. The summed E-state index contributed by atoms with van der Waals surface area (Å²) in [6, 6.07) is 10.9. The van der Waals surface area contributed by atoms with Gasteiger partial charge >= 0.3 is 0 Å². The summed E-state index contributed by atoms with van der Waals surface area (Å²) in [5.74, 6) is -0.109. The number of carbonyl (C=O) groups excluding carboxylic acids is 2. The predicted molar refractivity (Wildman–Crippen MR) is 126 cm³/mol. The van der Waals surface area contributed by atoms with Gasteiger partial charge in [0.15, 0.2) is 0 Å². The van der Waals surface area contributed by atoms with Crippen LogP contribution >= 0.6 is 11.6 Å². The maximum Gasteiger partial charge on any atom is 0.254 e. The van der Waals surface area contributed by atoms with Gasteiger partial charge in [0.05, 0.1) is 0 Å². The van der Waals surface area contributed by atoms with Crippen LogP contribution in [0.25, 0.3) is 0 Å². The summed E-state index contributed by atoms with van der Waals surface area (Å²) < 4.78 is 13.6. The fourth-order valence-corrected chi connectivity index (χ4v) is 4.35. The predicted octanol–water partition coefficient (Wildman–Crippen LogP) is 5.38. The number of nitrogens with one attached hydrogen (secondary N) is 1. The van der Waals surface area contributed by atoms with Crippen LogP contribution in [-0.4, -0.2) is 29.8 Å². The van der Waals surface area contributed by atoms with Gasteiger partial charge in [-0.25, -0.2) is 4.39 Å². The molecule has 32 heavy (non-hydrogen) atoms. The standard InChI is InChI=1S/C25H31ClFN3O2/c26-23-11-10-22(29-24(31)12-9-18-5-1-2-6-18)16-20(23)17-30(14-4-13-28)25(32)19-7-3-8-21(27)15-19/h3,7-8,10-11,15-16,18H,1-2,4-6,9,12-14,17,28H2,(H,29,31). The highest BCUT2D eigenvalue weighted by molar-refractivity contribution is 6.31. The third-order valence-corrected chi connectivity index (χ3v) is 6.30. The summed E-state index contributed by atoms with van der Waals surface area (Å²) in [6.07, 6.45) is 7.00. The number of rotatable bonds is 10. The third-order valence-electron chi connectivity index (χ3n) is 5.94. The monoisotopic (exact) mass is 459 g/mol. The Hall–Kier alpha value is -2.44. The molecule has 1 saturated carbocycles. The summed E-state index contributed by atoms with van der Waals surface area (Å²) in [6.45, 7) is 1.08. The summed E-state index contributed by atoms with van der Waals surface area (Å²) in [7, 11) is 0. The van der Waals surface area contributed by atoms with E-state index >= 15 is 0 Å². The van der Waals surface area contributed by atoms with Crippen molar-refractivity contribution < 1.29 is 14.0 Å². The van der Waals surface area contributed by atoms with Crippen LogP contribution in [0, 0.1) is 11.7 Å². The molecule has 2 aromatic carbocycles. The first kappa shape index (κ1) is 24.2. The average Bonchev–Trinajstić information content (AvgIpc) is 3.30. The van der Waals surface area contributed by atoms with Crippen molar-refractivity contribution in [3.8, 4) is 0 Å². The Labute approximate surface area is 194 Å². The van der Waals surface area contributed by atoms with Crippen molar-refractivity contribution in [3.05, 3.63) is 64.4 Å². The SMILES string of the molecule is NCCCN(Cc1cc(NC(=O)CCC2CCCC2)ccc1Cl)C(=O)c1cccc(F)c1. The van der Waals surface area contributed by atoms with E-state index in [0.717, 1.165) is 6.42 Å². The lowest BCUT2D eigenvalue weighted by Gasteiger charge is -2.24. The van der Waals surface area contributed by atoms with Crippen LogP contribution < -0.4 is 11.1 Å². The summed E-state index contributed by atoms with van der Waals surface area (Å²) >= 11 is 6.40. The van der Waals surface area contributed by atoms with Gasteiger partial charge < -0.3 is 16.0 Å². The number of hydrogen-bond donors (Lipinski definition) is 2. The Kier molecular flexibility index (Phi) is 9.06. The van der Waals surface area contributed by atoms with Crippen LogP contribution in [0.2, 0.25) is 5.02 Å². The number of benzene rings is 2. The summed E-state index contributed by atoms with van der Waals surface area (Å²) in [5, 5.41) is 3.45. The minimum atomic E-state index is -0.463. The maximum absolute atomic E-state index is 13.6. The Balaban J connectivity index is 1.68. The molecule has 172 valence electrons. The number of amides is 2. The Morgan fingerprint density at radius 1 is 1.16 bits per heavy atom. The van der Waals surface area contributed by atoms with Gasteiger partial charge in [-0.1, -0.05) is 43.4 Å². The van der Waals surface area contributed by atoms with Crippen LogP contribution in [-0.2, 0) is 11.3 Å². The first-order valence-electron chi connectivity index (χ1n) is 11.3. The van der Waals surface area contributed by atoms with Gasteiger partial charge in [0.25, 0.3) is 5.91 Å². The molecule has 0 bridgehead atoms. The lowest BCUT2D eigenvalue weighted by Crippen LogP contribution is -2.32. The van der Waals surface area contributed by atoms with E-state index in [1.165, 1.54) is 43.9 Å². The summed E-state index contributed by atoms with van der Waals surface area (Å²) in [5.41, 5.74) is 7.28. The molecule has 1 aliphatic carbocycles. The number of hydrogen-bond acceptors (Lipinski definition) is 3. The molecule has 0 saturated heterocycles. The highest BCUT2D eigenvalue weighted by atomic mass is 35.5. The molecule has 0 aliphatic heterocycles. The van der Waals surface area contributed by atoms with E-state index < -0.39 is 5.82 Å². The van der Waals surface area contributed by atoms with Crippen molar-refractivity contribution in [2.45, 2.75) is 51.5 Å². The van der Waals surface area contributed by atoms with E-state index in [0.29, 0.717) is 48.1 Å². The zero-order valence-corrected chi connectivity index (χ0v) is 19.0. The van der Waals surface area contributed by atoms with Gasteiger partial charge in [0.1, 0.15) is 5.82 Å². The van der Waals surface area contributed by atoms with E-state index in [1.807, 2.05) is 0 Å².